The summed E-state index contributed by atoms with van der Waals surface area (Å²) in [5, 5.41) is 3.01. The molecule has 3 N–H and O–H groups in total. The van der Waals surface area contributed by atoms with E-state index in [0.717, 1.165) is 19.0 Å². The molecule has 0 aromatic carbocycles. The van der Waals surface area contributed by atoms with Crippen LogP contribution in [0.1, 0.15) is 47.5 Å². The summed E-state index contributed by atoms with van der Waals surface area (Å²) >= 11 is 0. The second-order valence-electron chi connectivity index (χ2n) is 6.99. The van der Waals surface area contributed by atoms with Gasteiger partial charge in [0.2, 0.25) is 5.91 Å². The van der Waals surface area contributed by atoms with Crippen LogP contribution in [0.25, 0.3) is 0 Å². The molecule has 5 heteroatoms. The molecule has 1 aliphatic heterocycles. The maximum atomic E-state index is 11.9. The van der Waals surface area contributed by atoms with Crippen molar-refractivity contribution in [3.05, 3.63) is 0 Å². The van der Waals surface area contributed by atoms with E-state index in [2.05, 4.69) is 31.0 Å². The highest BCUT2D eigenvalue weighted by atomic mass is 35.5. The van der Waals surface area contributed by atoms with Crippen molar-refractivity contribution in [1.29, 1.82) is 0 Å². The Kier molecular flexibility index (Phi) is 8.07. The van der Waals surface area contributed by atoms with Crippen molar-refractivity contribution in [3.8, 4) is 0 Å². The van der Waals surface area contributed by atoms with E-state index in [1.807, 2.05) is 13.8 Å². The minimum atomic E-state index is -0.406. The highest BCUT2D eigenvalue weighted by Gasteiger charge is 2.31. The number of hydrogen-bond acceptors (Lipinski definition) is 3. The van der Waals surface area contributed by atoms with Crippen LogP contribution in [0.3, 0.4) is 0 Å². The zero-order chi connectivity index (χ0) is 14.6. The summed E-state index contributed by atoms with van der Waals surface area (Å²) in [6.07, 6.45) is 2.57. The van der Waals surface area contributed by atoms with Gasteiger partial charge >= 0.3 is 0 Å². The maximum absolute atomic E-state index is 11.9. The zero-order valence-electron chi connectivity index (χ0n) is 13.6. The molecule has 1 amide bonds. The normalized spacial score (nSPS) is 22.2. The lowest BCUT2D eigenvalue weighted by Crippen LogP contribution is -2.56. The fraction of sp³-hybridized carbons (Fsp3) is 0.933. The van der Waals surface area contributed by atoms with Crippen LogP contribution >= 0.6 is 12.4 Å². The van der Waals surface area contributed by atoms with Crippen LogP contribution in [0, 0.1) is 11.8 Å². The monoisotopic (exact) mass is 305 g/mol. The van der Waals surface area contributed by atoms with Crippen molar-refractivity contribution in [1.82, 2.24) is 10.2 Å². The van der Waals surface area contributed by atoms with Crippen molar-refractivity contribution in [3.63, 3.8) is 0 Å². The summed E-state index contributed by atoms with van der Waals surface area (Å²) in [4.78, 5) is 14.4. The van der Waals surface area contributed by atoms with Crippen LogP contribution in [-0.4, -0.2) is 42.0 Å². The predicted octanol–water partition coefficient (Wildman–Crippen LogP) is 2.02. The molecule has 0 spiro atoms. The van der Waals surface area contributed by atoms with Crippen molar-refractivity contribution >= 4 is 18.3 Å². The SMILES string of the molecule is CC1CCCN(C(C)(C)CNC(=O)[C@@H](N)C(C)C)C1.Cl. The van der Waals surface area contributed by atoms with E-state index in [1.165, 1.54) is 12.8 Å². The molecule has 1 rings (SSSR count). The number of nitrogens with one attached hydrogen (secondary N) is 1. The molecule has 0 radical (unpaired) electrons. The second kappa shape index (κ2) is 8.20. The van der Waals surface area contributed by atoms with Gasteiger partial charge in [-0.25, -0.2) is 0 Å². The van der Waals surface area contributed by atoms with Crippen molar-refractivity contribution in [2.24, 2.45) is 17.6 Å². The maximum Gasteiger partial charge on any atom is 0.237 e. The van der Waals surface area contributed by atoms with E-state index in [0.29, 0.717) is 6.54 Å². The lowest BCUT2D eigenvalue weighted by Gasteiger charge is -2.43. The third-order valence-electron chi connectivity index (χ3n) is 4.23. The van der Waals surface area contributed by atoms with Gasteiger partial charge in [-0.05, 0) is 45.1 Å². The Balaban J connectivity index is 0.00000361. The minimum Gasteiger partial charge on any atom is -0.353 e. The first-order valence-electron chi connectivity index (χ1n) is 7.52. The first kappa shape index (κ1) is 19.7. The van der Waals surface area contributed by atoms with Gasteiger partial charge in [0.1, 0.15) is 0 Å². The summed E-state index contributed by atoms with van der Waals surface area (Å²) in [6, 6.07) is -0.406. The summed E-state index contributed by atoms with van der Waals surface area (Å²) in [5.74, 6) is 0.896. The van der Waals surface area contributed by atoms with Gasteiger partial charge in [-0.1, -0.05) is 20.8 Å². The Morgan fingerprint density at radius 3 is 2.55 bits per heavy atom. The molecule has 1 fully saturated rings. The summed E-state index contributed by atoms with van der Waals surface area (Å²) in [6.45, 7) is 13.6. The molecule has 0 saturated carbocycles. The summed E-state index contributed by atoms with van der Waals surface area (Å²) in [5.41, 5.74) is 5.87. The fourth-order valence-corrected chi connectivity index (χ4v) is 2.58. The lowest BCUT2D eigenvalue weighted by atomic mass is 9.93. The van der Waals surface area contributed by atoms with Gasteiger partial charge in [-0.2, -0.15) is 0 Å². The quantitative estimate of drug-likeness (QED) is 0.817. The highest BCUT2D eigenvalue weighted by molar-refractivity contribution is 5.85. The van der Waals surface area contributed by atoms with Gasteiger partial charge in [-0.3, -0.25) is 9.69 Å². The third-order valence-corrected chi connectivity index (χ3v) is 4.23. The number of hydrogen-bond donors (Lipinski definition) is 2. The molecule has 1 heterocycles. The van der Waals surface area contributed by atoms with E-state index in [1.54, 1.807) is 0 Å². The van der Waals surface area contributed by atoms with E-state index >= 15 is 0 Å². The van der Waals surface area contributed by atoms with Crippen molar-refractivity contribution in [2.75, 3.05) is 19.6 Å². The minimum absolute atomic E-state index is 0. The molecular formula is C15H32ClN3O. The molecule has 0 aromatic heterocycles. The van der Waals surface area contributed by atoms with Gasteiger partial charge in [0.05, 0.1) is 6.04 Å². The molecule has 20 heavy (non-hydrogen) atoms. The third kappa shape index (κ3) is 5.58. The Hall–Kier alpha value is -0.320. The average Bonchev–Trinajstić information content (AvgIpc) is 2.35. The predicted molar refractivity (Wildman–Crippen MR) is 87.1 cm³/mol. The molecule has 1 unspecified atom stereocenters. The molecule has 0 aromatic rings. The van der Waals surface area contributed by atoms with Gasteiger partial charge in [-0.15, -0.1) is 12.4 Å². The number of amides is 1. The molecule has 120 valence electrons. The molecule has 1 aliphatic rings. The van der Waals surface area contributed by atoms with Crippen LogP contribution in [0.2, 0.25) is 0 Å². The number of carbonyl (C=O) groups excluding carboxylic acids is 1. The van der Waals surface area contributed by atoms with Gasteiger partial charge in [0.25, 0.3) is 0 Å². The van der Waals surface area contributed by atoms with E-state index < -0.39 is 6.04 Å². The van der Waals surface area contributed by atoms with Crippen LogP contribution in [0.4, 0.5) is 0 Å². The van der Waals surface area contributed by atoms with Crippen LogP contribution < -0.4 is 11.1 Å². The number of carbonyl (C=O) groups is 1. The molecule has 2 atom stereocenters. The summed E-state index contributed by atoms with van der Waals surface area (Å²) in [7, 11) is 0. The molecule has 0 bridgehead atoms. The number of likely N-dealkylation sites (tertiary alicyclic amines) is 1. The molecule has 4 nitrogen and oxygen atoms in total. The number of nitrogens with two attached hydrogens (primary N) is 1. The second-order valence-corrected chi connectivity index (χ2v) is 6.99. The van der Waals surface area contributed by atoms with Crippen molar-refractivity contribution < 1.29 is 4.79 Å². The first-order chi connectivity index (χ1) is 8.74. The zero-order valence-corrected chi connectivity index (χ0v) is 14.4. The van der Waals surface area contributed by atoms with Gasteiger partial charge < -0.3 is 11.1 Å². The number of nitrogens with zero attached hydrogens (tertiary/aromatic N) is 1. The number of piperidine rings is 1. The van der Waals surface area contributed by atoms with Crippen LogP contribution in [0.5, 0.6) is 0 Å². The largest absolute Gasteiger partial charge is 0.353 e. The molecule has 1 saturated heterocycles. The summed E-state index contributed by atoms with van der Waals surface area (Å²) < 4.78 is 0. The van der Waals surface area contributed by atoms with Crippen LogP contribution in [0.15, 0.2) is 0 Å². The van der Waals surface area contributed by atoms with E-state index in [-0.39, 0.29) is 29.8 Å². The van der Waals surface area contributed by atoms with E-state index in [4.69, 9.17) is 5.73 Å². The first-order valence-corrected chi connectivity index (χ1v) is 7.52. The fourth-order valence-electron chi connectivity index (χ4n) is 2.58. The van der Waals surface area contributed by atoms with Gasteiger partial charge in [0.15, 0.2) is 0 Å². The topological polar surface area (TPSA) is 58.4 Å². The van der Waals surface area contributed by atoms with Crippen molar-refractivity contribution in [2.45, 2.75) is 59.0 Å². The number of rotatable bonds is 5. The van der Waals surface area contributed by atoms with Crippen LogP contribution in [-0.2, 0) is 4.79 Å². The average molecular weight is 306 g/mol. The van der Waals surface area contributed by atoms with E-state index in [9.17, 15) is 4.79 Å². The Bertz CT molecular complexity index is 307. The smallest absolute Gasteiger partial charge is 0.237 e. The Morgan fingerprint density at radius 2 is 2.05 bits per heavy atom. The molecule has 0 aliphatic carbocycles. The standard InChI is InChI=1S/C15H31N3O.ClH/c1-11(2)13(16)14(19)17-10-15(4,5)18-8-6-7-12(3)9-18;/h11-13H,6-10,16H2,1-5H3,(H,17,19);1H/t12?,13-;/m0./s1. The number of halogens is 1. The highest BCUT2D eigenvalue weighted by Crippen LogP contribution is 2.23. The Morgan fingerprint density at radius 1 is 1.45 bits per heavy atom. The molecular weight excluding hydrogens is 274 g/mol. The Labute approximate surface area is 130 Å². The van der Waals surface area contributed by atoms with Gasteiger partial charge in [0, 0.05) is 18.6 Å². The lowest BCUT2D eigenvalue weighted by molar-refractivity contribution is -0.123.